The Bertz CT molecular complexity index is 173. The van der Waals surface area contributed by atoms with Crippen molar-refractivity contribution in [1.29, 1.82) is 0 Å². The van der Waals surface area contributed by atoms with E-state index in [9.17, 15) is 4.79 Å². The highest BCUT2D eigenvalue weighted by Crippen LogP contribution is 2.02. The van der Waals surface area contributed by atoms with Crippen molar-refractivity contribution in [2.24, 2.45) is 5.73 Å². The molecule has 7 N–H and O–H groups in total. The predicted molar refractivity (Wildman–Crippen MR) is 40.3 cm³/mol. The van der Waals surface area contributed by atoms with Gasteiger partial charge in [0.15, 0.2) is 6.23 Å². The van der Waals surface area contributed by atoms with Gasteiger partial charge in [-0.1, -0.05) is 0 Å². The van der Waals surface area contributed by atoms with Gasteiger partial charge in [-0.25, -0.2) is 0 Å². The zero-order valence-corrected chi connectivity index (χ0v) is 6.74. The predicted octanol–water partition coefficient (Wildman–Crippen LogP) is -4.09. The van der Waals surface area contributed by atoms with Crippen molar-refractivity contribution < 1.29 is 30.3 Å². The number of hydrogen-bond donors (Lipinski definition) is 6. The molecule has 0 saturated heterocycles. The number of aliphatic hydroxyl groups excluding tert-OH is 5. The number of rotatable bonds is 5. The second kappa shape index (κ2) is 5.22. The van der Waals surface area contributed by atoms with Crippen LogP contribution in [0.5, 0.6) is 0 Å². The first-order valence-corrected chi connectivity index (χ1v) is 3.54. The normalized spacial score (nSPS) is 20.5. The Morgan fingerprint density at radius 2 is 1.69 bits per heavy atom. The molecule has 7 nitrogen and oxygen atoms in total. The molecule has 0 fully saturated rings. The number of hydrogen-bond acceptors (Lipinski definition) is 7. The Morgan fingerprint density at radius 3 is 2.00 bits per heavy atom. The van der Waals surface area contributed by atoms with E-state index in [1.165, 1.54) is 0 Å². The van der Waals surface area contributed by atoms with Crippen LogP contribution in [0.3, 0.4) is 0 Å². The SMILES string of the molecule is NC(O)C(=O)C(O)C(O)C(O)CO. The van der Waals surface area contributed by atoms with E-state index >= 15 is 0 Å². The second-order valence-corrected chi connectivity index (χ2v) is 2.53. The number of Topliss-reactive ketones (excluding diaryl/α,β-unsaturated/α-hetero) is 1. The van der Waals surface area contributed by atoms with Crippen LogP contribution in [0, 0.1) is 0 Å². The van der Waals surface area contributed by atoms with Crippen molar-refractivity contribution in [3.63, 3.8) is 0 Å². The average molecular weight is 195 g/mol. The molecule has 0 amide bonds. The third kappa shape index (κ3) is 3.35. The average Bonchev–Trinajstić information content (AvgIpc) is 2.12. The summed E-state index contributed by atoms with van der Waals surface area (Å²) in [4.78, 5) is 10.7. The molecule has 78 valence electrons. The maximum Gasteiger partial charge on any atom is 0.206 e. The minimum Gasteiger partial charge on any atom is -0.394 e. The largest absolute Gasteiger partial charge is 0.394 e. The van der Waals surface area contributed by atoms with Gasteiger partial charge >= 0.3 is 0 Å². The number of carbonyl (C=O) groups excluding carboxylic acids is 1. The summed E-state index contributed by atoms with van der Waals surface area (Å²) in [6.07, 6.45) is -7.45. The molecule has 0 aromatic carbocycles. The summed E-state index contributed by atoms with van der Waals surface area (Å²) >= 11 is 0. The van der Waals surface area contributed by atoms with Gasteiger partial charge in [0.1, 0.15) is 18.3 Å². The molecule has 4 unspecified atom stereocenters. The monoisotopic (exact) mass is 195 g/mol. The fourth-order valence-corrected chi connectivity index (χ4v) is 0.662. The van der Waals surface area contributed by atoms with Gasteiger partial charge in [0, 0.05) is 0 Å². The molecular formula is C6H13NO6. The van der Waals surface area contributed by atoms with Crippen LogP contribution in [-0.2, 0) is 4.79 Å². The molecule has 7 heteroatoms. The Morgan fingerprint density at radius 1 is 1.23 bits per heavy atom. The zero-order chi connectivity index (χ0) is 10.6. The summed E-state index contributed by atoms with van der Waals surface area (Å²) in [7, 11) is 0. The summed E-state index contributed by atoms with van der Waals surface area (Å²) in [5.74, 6) is -1.22. The molecule has 13 heavy (non-hydrogen) atoms. The highest BCUT2D eigenvalue weighted by atomic mass is 16.4. The van der Waals surface area contributed by atoms with E-state index in [0.29, 0.717) is 0 Å². The number of nitrogens with two attached hydrogens (primary N) is 1. The van der Waals surface area contributed by atoms with Crippen molar-refractivity contribution in [3.05, 3.63) is 0 Å². The van der Waals surface area contributed by atoms with Crippen LogP contribution >= 0.6 is 0 Å². The highest BCUT2D eigenvalue weighted by molar-refractivity contribution is 5.86. The molecule has 0 aliphatic heterocycles. The molecule has 0 radical (unpaired) electrons. The zero-order valence-electron chi connectivity index (χ0n) is 6.74. The van der Waals surface area contributed by atoms with Crippen molar-refractivity contribution in [1.82, 2.24) is 0 Å². The van der Waals surface area contributed by atoms with Crippen molar-refractivity contribution in [2.75, 3.05) is 6.61 Å². The van der Waals surface area contributed by atoms with Gasteiger partial charge in [0.25, 0.3) is 0 Å². The first-order chi connectivity index (χ1) is 5.91. The van der Waals surface area contributed by atoms with E-state index in [0.717, 1.165) is 0 Å². The fourth-order valence-electron chi connectivity index (χ4n) is 0.662. The van der Waals surface area contributed by atoms with Crippen LogP contribution in [0.4, 0.5) is 0 Å². The summed E-state index contributed by atoms with van der Waals surface area (Å²) < 4.78 is 0. The Hall–Kier alpha value is -0.570. The van der Waals surface area contributed by atoms with E-state index < -0.39 is 36.9 Å². The maximum atomic E-state index is 10.7. The fraction of sp³-hybridized carbons (Fsp3) is 0.833. The van der Waals surface area contributed by atoms with Crippen LogP contribution < -0.4 is 5.73 Å². The van der Waals surface area contributed by atoms with Crippen LogP contribution in [0.2, 0.25) is 0 Å². The summed E-state index contributed by atoms with van der Waals surface area (Å²) in [6, 6.07) is 0. The molecule has 0 spiro atoms. The standard InChI is InChI=1S/C6H13NO6/c7-6(13)5(12)4(11)3(10)2(9)1-8/h2-4,6,8-11,13H,1,7H2. The Balaban J connectivity index is 4.24. The number of aliphatic hydroxyl groups is 5. The van der Waals surface area contributed by atoms with Gasteiger partial charge in [0.2, 0.25) is 5.78 Å². The van der Waals surface area contributed by atoms with Crippen molar-refractivity contribution >= 4 is 5.78 Å². The lowest BCUT2D eigenvalue weighted by molar-refractivity contribution is -0.148. The number of carbonyl (C=O) groups is 1. The molecule has 0 saturated carbocycles. The lowest BCUT2D eigenvalue weighted by Crippen LogP contribution is -2.49. The lowest BCUT2D eigenvalue weighted by atomic mass is 10.0. The number of ketones is 1. The molecule has 0 aromatic heterocycles. The third-order valence-electron chi connectivity index (χ3n) is 1.49. The van der Waals surface area contributed by atoms with Gasteiger partial charge in [-0.2, -0.15) is 0 Å². The molecule has 4 atom stereocenters. The minimum absolute atomic E-state index is 0.813. The van der Waals surface area contributed by atoms with E-state index in [2.05, 4.69) is 0 Å². The van der Waals surface area contributed by atoms with E-state index in [-0.39, 0.29) is 0 Å². The van der Waals surface area contributed by atoms with E-state index in [1.807, 2.05) is 0 Å². The van der Waals surface area contributed by atoms with Gasteiger partial charge in [-0.3, -0.25) is 10.5 Å². The van der Waals surface area contributed by atoms with Crippen LogP contribution in [0.15, 0.2) is 0 Å². The molecule has 0 heterocycles. The summed E-state index contributed by atoms with van der Waals surface area (Å²) in [5, 5.41) is 43.6. The molecule has 0 aliphatic carbocycles. The third-order valence-corrected chi connectivity index (χ3v) is 1.49. The Labute approximate surface area is 74.0 Å². The Kier molecular flexibility index (Phi) is 4.99. The van der Waals surface area contributed by atoms with Crippen LogP contribution in [-0.4, -0.2) is 62.5 Å². The first kappa shape index (κ1) is 12.4. The quantitative estimate of drug-likeness (QED) is 0.245. The topological polar surface area (TPSA) is 144 Å². The van der Waals surface area contributed by atoms with Crippen LogP contribution in [0.25, 0.3) is 0 Å². The summed E-state index contributed by atoms with van der Waals surface area (Å²) in [6.45, 7) is -0.813. The van der Waals surface area contributed by atoms with Gasteiger partial charge in [-0.05, 0) is 0 Å². The molecule has 0 aromatic rings. The smallest absolute Gasteiger partial charge is 0.206 e. The molecule has 0 rings (SSSR count). The lowest BCUT2D eigenvalue weighted by Gasteiger charge is -2.20. The molecule has 0 aliphatic rings. The van der Waals surface area contributed by atoms with Crippen molar-refractivity contribution in [3.8, 4) is 0 Å². The van der Waals surface area contributed by atoms with Gasteiger partial charge < -0.3 is 25.5 Å². The van der Waals surface area contributed by atoms with Crippen molar-refractivity contribution in [2.45, 2.75) is 24.5 Å². The molecular weight excluding hydrogens is 182 g/mol. The van der Waals surface area contributed by atoms with Gasteiger partial charge in [-0.15, -0.1) is 0 Å². The minimum atomic E-state index is -2.01. The van der Waals surface area contributed by atoms with E-state index in [4.69, 9.17) is 31.3 Å². The first-order valence-electron chi connectivity index (χ1n) is 3.54. The van der Waals surface area contributed by atoms with Gasteiger partial charge in [0.05, 0.1) is 6.61 Å². The van der Waals surface area contributed by atoms with E-state index in [1.54, 1.807) is 0 Å². The second-order valence-electron chi connectivity index (χ2n) is 2.53. The highest BCUT2D eigenvalue weighted by Gasteiger charge is 2.32. The maximum absolute atomic E-state index is 10.7. The molecule has 0 bridgehead atoms. The summed E-state index contributed by atoms with van der Waals surface area (Å²) in [5.41, 5.74) is 4.71. The van der Waals surface area contributed by atoms with Crippen LogP contribution in [0.1, 0.15) is 0 Å².